The number of guanidine groups is 1. The number of nitrogens with zero attached hydrogens (tertiary/aromatic N) is 2. The lowest BCUT2D eigenvalue weighted by molar-refractivity contribution is 0.127. The average molecular weight is 516 g/mol. The van der Waals surface area contributed by atoms with Crippen LogP contribution in [0.25, 0.3) is 0 Å². The maximum Gasteiger partial charge on any atom is 0.191 e. The topological polar surface area (TPSA) is 69.1 Å². The Hall–Kier alpha value is -0.900. The van der Waals surface area contributed by atoms with Crippen LogP contribution in [0.15, 0.2) is 35.3 Å². The summed E-state index contributed by atoms with van der Waals surface area (Å²) < 4.78 is 5.58. The molecule has 0 bridgehead atoms. The lowest BCUT2D eigenvalue weighted by Crippen LogP contribution is -2.45. The van der Waals surface area contributed by atoms with Gasteiger partial charge >= 0.3 is 0 Å². The fraction of sp³-hybridized carbons (Fsp3) is 0.682. The summed E-state index contributed by atoms with van der Waals surface area (Å²) >= 11 is 0. The summed E-state index contributed by atoms with van der Waals surface area (Å²) in [6.45, 7) is 7.88. The monoisotopic (exact) mass is 516 g/mol. The molecule has 3 N–H and O–H groups in total. The van der Waals surface area contributed by atoms with Crippen LogP contribution in [0.1, 0.15) is 31.7 Å². The van der Waals surface area contributed by atoms with Gasteiger partial charge < -0.3 is 20.5 Å². The molecule has 0 spiro atoms. The van der Waals surface area contributed by atoms with Gasteiger partial charge in [-0.3, -0.25) is 9.89 Å². The number of aliphatic hydroxyl groups excluding tert-OH is 1. The number of hydrogen-bond donors (Lipinski definition) is 3. The molecule has 2 fully saturated rings. The van der Waals surface area contributed by atoms with E-state index in [1.165, 1.54) is 12.0 Å². The smallest absolute Gasteiger partial charge is 0.191 e. The molecule has 3 unspecified atom stereocenters. The molecule has 7 heteroatoms. The van der Waals surface area contributed by atoms with Gasteiger partial charge in [-0.1, -0.05) is 30.3 Å². The zero-order valence-corrected chi connectivity index (χ0v) is 20.1. The molecular formula is C22H37IN4O2. The fourth-order valence-corrected chi connectivity index (χ4v) is 4.45. The molecule has 2 aliphatic heterocycles. The van der Waals surface area contributed by atoms with E-state index in [0.29, 0.717) is 18.6 Å². The van der Waals surface area contributed by atoms with Crippen molar-refractivity contribution in [3.8, 4) is 0 Å². The number of hydrogen-bond acceptors (Lipinski definition) is 4. The Balaban J connectivity index is 0.00000300. The van der Waals surface area contributed by atoms with E-state index in [4.69, 9.17) is 4.74 Å². The van der Waals surface area contributed by atoms with Crippen LogP contribution in [0, 0.1) is 11.3 Å². The van der Waals surface area contributed by atoms with Crippen LogP contribution < -0.4 is 10.6 Å². The van der Waals surface area contributed by atoms with Crippen molar-refractivity contribution in [1.82, 2.24) is 15.5 Å². The minimum atomic E-state index is 0. The highest BCUT2D eigenvalue weighted by molar-refractivity contribution is 14.0. The van der Waals surface area contributed by atoms with Crippen molar-refractivity contribution < 1.29 is 9.84 Å². The normalized spacial score (nSPS) is 27.6. The predicted octanol–water partition coefficient (Wildman–Crippen LogP) is 2.47. The number of benzene rings is 1. The van der Waals surface area contributed by atoms with Gasteiger partial charge in [0, 0.05) is 57.9 Å². The predicted molar refractivity (Wildman–Crippen MR) is 129 cm³/mol. The van der Waals surface area contributed by atoms with Gasteiger partial charge in [-0.15, -0.1) is 24.0 Å². The number of likely N-dealkylation sites (tertiary alicyclic amines) is 1. The summed E-state index contributed by atoms with van der Waals surface area (Å²) in [6.07, 6.45) is 2.97. The van der Waals surface area contributed by atoms with E-state index in [1.807, 2.05) is 7.05 Å². The first-order chi connectivity index (χ1) is 13.6. The van der Waals surface area contributed by atoms with Crippen LogP contribution in [0.2, 0.25) is 0 Å². The molecule has 2 heterocycles. The number of rotatable bonds is 8. The first-order valence-corrected chi connectivity index (χ1v) is 10.6. The van der Waals surface area contributed by atoms with Crippen molar-refractivity contribution in [3.05, 3.63) is 35.9 Å². The van der Waals surface area contributed by atoms with E-state index in [0.717, 1.165) is 51.6 Å². The van der Waals surface area contributed by atoms with E-state index in [-0.39, 0.29) is 36.0 Å². The van der Waals surface area contributed by atoms with Crippen LogP contribution in [-0.4, -0.2) is 68.5 Å². The second-order valence-corrected chi connectivity index (χ2v) is 8.45. The molecular weight excluding hydrogens is 479 g/mol. The quantitative estimate of drug-likeness (QED) is 0.282. The van der Waals surface area contributed by atoms with Gasteiger partial charge in [0.2, 0.25) is 0 Å². The molecule has 29 heavy (non-hydrogen) atoms. The van der Waals surface area contributed by atoms with Crippen molar-refractivity contribution in [2.24, 2.45) is 16.3 Å². The van der Waals surface area contributed by atoms with Crippen molar-refractivity contribution in [2.45, 2.75) is 38.8 Å². The second kappa shape index (κ2) is 12.1. The summed E-state index contributed by atoms with van der Waals surface area (Å²) in [5.74, 6) is 1.47. The van der Waals surface area contributed by atoms with E-state index in [1.54, 1.807) is 0 Å². The number of ether oxygens (including phenoxy) is 1. The molecule has 164 valence electrons. The van der Waals surface area contributed by atoms with Gasteiger partial charge in [-0.05, 0) is 37.7 Å². The van der Waals surface area contributed by atoms with Gasteiger partial charge in [0.15, 0.2) is 5.96 Å². The molecule has 2 aliphatic rings. The van der Waals surface area contributed by atoms with Crippen molar-refractivity contribution >= 4 is 29.9 Å². The standard InChI is InChI=1S/C22H36N4O2.HI/c1-18-12-20(15-26(18)14-19-6-4-3-5-7-19)13-24-21(23-2)25-16-22(8-10-27)9-11-28-17-22;/h3-7,18,20,27H,8-17H2,1-2H3,(H2,23,24,25);1H. The molecule has 0 radical (unpaired) electrons. The molecule has 2 saturated heterocycles. The molecule has 3 atom stereocenters. The van der Waals surface area contributed by atoms with Crippen LogP contribution in [0.3, 0.4) is 0 Å². The number of nitrogens with one attached hydrogen (secondary N) is 2. The first-order valence-electron chi connectivity index (χ1n) is 10.6. The number of halogens is 1. The Labute approximate surface area is 192 Å². The van der Waals surface area contributed by atoms with Crippen molar-refractivity contribution in [2.75, 3.05) is 46.5 Å². The molecule has 0 saturated carbocycles. The molecule has 0 amide bonds. The third-order valence-electron chi connectivity index (χ3n) is 6.26. The average Bonchev–Trinajstić information content (AvgIpc) is 3.30. The van der Waals surface area contributed by atoms with E-state index in [9.17, 15) is 5.11 Å². The third kappa shape index (κ3) is 7.08. The van der Waals surface area contributed by atoms with Gasteiger partial charge in [0.1, 0.15) is 0 Å². The Morgan fingerprint density at radius 3 is 2.76 bits per heavy atom. The van der Waals surface area contributed by atoms with E-state index in [2.05, 4.69) is 57.8 Å². The number of aliphatic imine (C=N–C) groups is 1. The summed E-state index contributed by atoms with van der Waals surface area (Å²) in [5.41, 5.74) is 1.41. The largest absolute Gasteiger partial charge is 0.396 e. The highest BCUT2D eigenvalue weighted by atomic mass is 127. The zero-order chi connectivity index (χ0) is 19.8. The van der Waals surface area contributed by atoms with Crippen LogP contribution in [-0.2, 0) is 11.3 Å². The minimum absolute atomic E-state index is 0. The van der Waals surface area contributed by atoms with Gasteiger partial charge in [0.05, 0.1) is 6.61 Å². The molecule has 0 aromatic heterocycles. The maximum absolute atomic E-state index is 9.38. The molecule has 6 nitrogen and oxygen atoms in total. The van der Waals surface area contributed by atoms with Crippen molar-refractivity contribution in [1.29, 1.82) is 0 Å². The highest BCUT2D eigenvalue weighted by Crippen LogP contribution is 2.31. The number of aliphatic hydroxyl groups is 1. The summed E-state index contributed by atoms with van der Waals surface area (Å²) in [4.78, 5) is 6.96. The Morgan fingerprint density at radius 2 is 2.10 bits per heavy atom. The SMILES string of the molecule is CN=C(NCC1CC(C)N(Cc2ccccc2)C1)NCC1(CCO)CCOC1.I. The lowest BCUT2D eigenvalue weighted by Gasteiger charge is -2.28. The summed E-state index contributed by atoms with van der Waals surface area (Å²) in [5, 5.41) is 16.3. The van der Waals surface area contributed by atoms with E-state index < -0.39 is 0 Å². The Bertz CT molecular complexity index is 622. The molecule has 0 aliphatic carbocycles. The summed E-state index contributed by atoms with van der Waals surface area (Å²) in [7, 11) is 1.82. The zero-order valence-electron chi connectivity index (χ0n) is 17.8. The second-order valence-electron chi connectivity index (χ2n) is 8.45. The highest BCUT2D eigenvalue weighted by Gasteiger charge is 2.34. The van der Waals surface area contributed by atoms with Gasteiger partial charge in [0.25, 0.3) is 0 Å². The van der Waals surface area contributed by atoms with Gasteiger partial charge in [-0.25, -0.2) is 0 Å². The fourth-order valence-electron chi connectivity index (χ4n) is 4.45. The molecule has 3 rings (SSSR count). The van der Waals surface area contributed by atoms with E-state index >= 15 is 0 Å². The van der Waals surface area contributed by atoms with Crippen molar-refractivity contribution in [3.63, 3.8) is 0 Å². The lowest BCUT2D eigenvalue weighted by atomic mass is 9.84. The Kier molecular flexibility index (Phi) is 10.1. The Morgan fingerprint density at radius 1 is 1.31 bits per heavy atom. The first kappa shape index (κ1) is 24.4. The molecule has 1 aromatic carbocycles. The van der Waals surface area contributed by atoms with Crippen LogP contribution in [0.5, 0.6) is 0 Å². The summed E-state index contributed by atoms with van der Waals surface area (Å²) in [6, 6.07) is 11.3. The molecule has 1 aromatic rings. The van der Waals surface area contributed by atoms with Crippen LogP contribution in [0.4, 0.5) is 0 Å². The third-order valence-corrected chi connectivity index (χ3v) is 6.26. The minimum Gasteiger partial charge on any atom is -0.396 e. The van der Waals surface area contributed by atoms with Gasteiger partial charge in [-0.2, -0.15) is 0 Å². The van der Waals surface area contributed by atoms with Crippen LogP contribution >= 0.6 is 24.0 Å². The maximum atomic E-state index is 9.38.